The quantitative estimate of drug-likeness (QED) is 0.452. The van der Waals surface area contributed by atoms with Crippen molar-refractivity contribution in [1.29, 1.82) is 0 Å². The molecule has 76 valence electrons. The standard InChI is InChI=1S/C8H15NO4/c1-3-7(13)9(2)8(4-10,5-11)6-12/h3,10-12H,1,4-6H2,2H3. The van der Waals surface area contributed by atoms with Gasteiger partial charge in [0.1, 0.15) is 5.54 Å². The zero-order valence-corrected chi connectivity index (χ0v) is 7.60. The van der Waals surface area contributed by atoms with Crippen molar-refractivity contribution in [2.75, 3.05) is 26.9 Å². The molecule has 5 heteroatoms. The molecule has 0 aliphatic rings. The third kappa shape index (κ3) is 2.27. The molecule has 0 radical (unpaired) electrons. The third-order valence-electron chi connectivity index (χ3n) is 2.10. The van der Waals surface area contributed by atoms with Gasteiger partial charge < -0.3 is 20.2 Å². The van der Waals surface area contributed by atoms with Crippen molar-refractivity contribution in [3.05, 3.63) is 12.7 Å². The van der Waals surface area contributed by atoms with E-state index >= 15 is 0 Å². The maximum atomic E-state index is 11.1. The van der Waals surface area contributed by atoms with Crippen LogP contribution < -0.4 is 0 Å². The van der Waals surface area contributed by atoms with Gasteiger partial charge in [-0.15, -0.1) is 0 Å². The molecule has 0 saturated carbocycles. The lowest BCUT2D eigenvalue weighted by atomic mass is 10.0. The van der Waals surface area contributed by atoms with Crippen molar-refractivity contribution in [1.82, 2.24) is 4.90 Å². The van der Waals surface area contributed by atoms with Crippen LogP contribution in [0.25, 0.3) is 0 Å². The Bertz CT molecular complexity index is 180. The molecular formula is C8H15NO4. The molecule has 0 heterocycles. The van der Waals surface area contributed by atoms with E-state index in [1.807, 2.05) is 0 Å². The molecule has 0 aromatic heterocycles. The van der Waals surface area contributed by atoms with E-state index in [-0.39, 0.29) is 0 Å². The van der Waals surface area contributed by atoms with Crippen LogP contribution in [0.1, 0.15) is 0 Å². The number of nitrogens with zero attached hydrogens (tertiary/aromatic N) is 1. The molecule has 0 atom stereocenters. The van der Waals surface area contributed by atoms with Crippen LogP contribution in [0, 0.1) is 0 Å². The predicted molar refractivity (Wildman–Crippen MR) is 47.0 cm³/mol. The number of amides is 1. The van der Waals surface area contributed by atoms with E-state index in [1.165, 1.54) is 7.05 Å². The first kappa shape index (κ1) is 12.1. The lowest BCUT2D eigenvalue weighted by Crippen LogP contribution is -2.57. The molecule has 3 N–H and O–H groups in total. The monoisotopic (exact) mass is 189 g/mol. The molecule has 0 aliphatic carbocycles. The van der Waals surface area contributed by atoms with Crippen LogP contribution in [-0.4, -0.2) is 58.5 Å². The summed E-state index contributed by atoms with van der Waals surface area (Å²) in [5.41, 5.74) is -1.31. The minimum Gasteiger partial charge on any atom is -0.394 e. The van der Waals surface area contributed by atoms with Gasteiger partial charge in [0, 0.05) is 7.05 Å². The van der Waals surface area contributed by atoms with Crippen molar-refractivity contribution in [2.24, 2.45) is 0 Å². The number of carbonyl (C=O) groups excluding carboxylic acids is 1. The van der Waals surface area contributed by atoms with Gasteiger partial charge in [-0.1, -0.05) is 6.58 Å². The Balaban J connectivity index is 4.71. The van der Waals surface area contributed by atoms with Crippen LogP contribution >= 0.6 is 0 Å². The molecular weight excluding hydrogens is 174 g/mol. The van der Waals surface area contributed by atoms with Gasteiger partial charge in [0.05, 0.1) is 19.8 Å². The molecule has 0 spiro atoms. The van der Waals surface area contributed by atoms with Gasteiger partial charge in [0.15, 0.2) is 0 Å². The molecule has 0 bridgehead atoms. The van der Waals surface area contributed by atoms with Crippen molar-refractivity contribution in [3.63, 3.8) is 0 Å². The Morgan fingerprint density at radius 2 is 1.77 bits per heavy atom. The summed E-state index contributed by atoms with van der Waals surface area (Å²) in [6, 6.07) is 0. The first-order chi connectivity index (χ1) is 6.07. The van der Waals surface area contributed by atoms with Gasteiger partial charge in [0.2, 0.25) is 5.91 Å². The SMILES string of the molecule is C=CC(=O)N(C)C(CO)(CO)CO. The molecule has 0 fully saturated rings. The summed E-state index contributed by atoms with van der Waals surface area (Å²) in [7, 11) is 1.38. The normalized spacial score (nSPS) is 11.1. The minimum absolute atomic E-state index is 0.461. The summed E-state index contributed by atoms with van der Waals surface area (Å²) in [6.45, 7) is 1.75. The molecule has 0 saturated heterocycles. The van der Waals surface area contributed by atoms with Gasteiger partial charge in [-0.05, 0) is 6.08 Å². The zero-order valence-electron chi connectivity index (χ0n) is 7.60. The van der Waals surface area contributed by atoms with E-state index in [4.69, 9.17) is 15.3 Å². The number of hydrogen-bond acceptors (Lipinski definition) is 4. The first-order valence-electron chi connectivity index (χ1n) is 3.80. The van der Waals surface area contributed by atoms with E-state index in [0.29, 0.717) is 0 Å². The van der Waals surface area contributed by atoms with Gasteiger partial charge in [0.25, 0.3) is 0 Å². The minimum atomic E-state index is -1.31. The smallest absolute Gasteiger partial charge is 0.246 e. The second-order valence-electron chi connectivity index (χ2n) is 2.80. The first-order valence-corrected chi connectivity index (χ1v) is 3.80. The van der Waals surface area contributed by atoms with Crippen LogP contribution in [0.15, 0.2) is 12.7 Å². The molecule has 0 aromatic carbocycles. The van der Waals surface area contributed by atoms with Crippen molar-refractivity contribution < 1.29 is 20.1 Å². The summed E-state index contributed by atoms with van der Waals surface area (Å²) >= 11 is 0. The van der Waals surface area contributed by atoms with Crippen molar-refractivity contribution in [2.45, 2.75) is 5.54 Å². The van der Waals surface area contributed by atoms with Crippen LogP contribution in [0.5, 0.6) is 0 Å². The van der Waals surface area contributed by atoms with Gasteiger partial charge in [-0.3, -0.25) is 4.79 Å². The molecule has 0 aliphatic heterocycles. The number of aliphatic hydroxyl groups is 3. The highest BCUT2D eigenvalue weighted by molar-refractivity contribution is 5.87. The van der Waals surface area contributed by atoms with E-state index in [1.54, 1.807) is 0 Å². The second kappa shape index (κ2) is 4.96. The third-order valence-corrected chi connectivity index (χ3v) is 2.10. The van der Waals surface area contributed by atoms with Crippen LogP contribution in [0.4, 0.5) is 0 Å². The largest absolute Gasteiger partial charge is 0.394 e. The predicted octanol–water partition coefficient (Wildman–Crippen LogP) is -1.65. The van der Waals surface area contributed by atoms with Crippen molar-refractivity contribution >= 4 is 5.91 Å². The number of rotatable bonds is 5. The summed E-state index contributed by atoms with van der Waals surface area (Å²) < 4.78 is 0. The fraction of sp³-hybridized carbons (Fsp3) is 0.625. The lowest BCUT2D eigenvalue weighted by Gasteiger charge is -2.36. The molecule has 13 heavy (non-hydrogen) atoms. The van der Waals surface area contributed by atoms with Crippen LogP contribution in [-0.2, 0) is 4.79 Å². The Morgan fingerprint density at radius 1 is 1.38 bits per heavy atom. The van der Waals surface area contributed by atoms with Crippen LogP contribution in [0.3, 0.4) is 0 Å². The van der Waals surface area contributed by atoms with E-state index in [9.17, 15) is 4.79 Å². The summed E-state index contributed by atoms with van der Waals surface area (Å²) in [5, 5.41) is 26.8. The molecule has 0 rings (SSSR count). The Hall–Kier alpha value is -0.910. The highest BCUT2D eigenvalue weighted by Crippen LogP contribution is 2.12. The Kier molecular flexibility index (Phi) is 4.61. The zero-order chi connectivity index (χ0) is 10.5. The lowest BCUT2D eigenvalue weighted by molar-refractivity contribution is -0.137. The highest BCUT2D eigenvalue weighted by Gasteiger charge is 2.34. The topological polar surface area (TPSA) is 81.0 Å². The van der Waals surface area contributed by atoms with Gasteiger partial charge >= 0.3 is 0 Å². The maximum Gasteiger partial charge on any atom is 0.246 e. The van der Waals surface area contributed by atoms with Gasteiger partial charge in [-0.25, -0.2) is 0 Å². The Labute approximate surface area is 76.9 Å². The number of likely N-dealkylation sites (N-methyl/N-ethyl adjacent to an activating group) is 1. The number of carbonyl (C=O) groups is 1. The van der Waals surface area contributed by atoms with E-state index in [0.717, 1.165) is 11.0 Å². The average Bonchev–Trinajstić information content (AvgIpc) is 2.20. The number of hydrogen-bond donors (Lipinski definition) is 3. The highest BCUT2D eigenvalue weighted by atomic mass is 16.3. The van der Waals surface area contributed by atoms with Gasteiger partial charge in [-0.2, -0.15) is 0 Å². The fourth-order valence-corrected chi connectivity index (χ4v) is 0.839. The van der Waals surface area contributed by atoms with Crippen LogP contribution in [0.2, 0.25) is 0 Å². The number of aliphatic hydroxyl groups excluding tert-OH is 3. The molecule has 0 unspecified atom stereocenters. The summed E-state index contributed by atoms with van der Waals surface area (Å²) in [6.07, 6.45) is 1.05. The average molecular weight is 189 g/mol. The molecule has 0 aromatic rings. The van der Waals surface area contributed by atoms with Crippen molar-refractivity contribution in [3.8, 4) is 0 Å². The molecule has 5 nitrogen and oxygen atoms in total. The second-order valence-corrected chi connectivity index (χ2v) is 2.80. The molecule has 1 amide bonds. The summed E-state index contributed by atoms with van der Waals surface area (Å²) in [5.74, 6) is -0.461. The van der Waals surface area contributed by atoms with E-state index in [2.05, 4.69) is 6.58 Å². The fourth-order valence-electron chi connectivity index (χ4n) is 0.839. The summed E-state index contributed by atoms with van der Waals surface area (Å²) in [4.78, 5) is 12.2. The maximum absolute atomic E-state index is 11.1. The Morgan fingerprint density at radius 3 is 2.00 bits per heavy atom. The van der Waals surface area contributed by atoms with E-state index < -0.39 is 31.3 Å².